The number of methoxy groups -OCH3 is 1. The van der Waals surface area contributed by atoms with Gasteiger partial charge in [-0.15, -0.1) is 0 Å². The average molecular weight is 393 g/mol. The number of anilines is 2. The number of carbonyl (C=O) groups excluding carboxylic acids is 1. The van der Waals surface area contributed by atoms with Gasteiger partial charge in [0, 0.05) is 31.9 Å². The van der Waals surface area contributed by atoms with Gasteiger partial charge in [-0.05, 0) is 36.4 Å². The van der Waals surface area contributed by atoms with Crippen molar-refractivity contribution in [2.24, 2.45) is 0 Å². The lowest BCUT2D eigenvalue weighted by molar-refractivity contribution is 0.0942. The van der Waals surface area contributed by atoms with Crippen LogP contribution in [0.15, 0.2) is 59.5 Å². The van der Waals surface area contributed by atoms with Gasteiger partial charge in [0.15, 0.2) is 0 Å². The number of aromatic nitrogens is 2. The Hall–Kier alpha value is -3.55. The number of ether oxygens (including phenoxy) is 1. The van der Waals surface area contributed by atoms with Crippen molar-refractivity contribution in [3.8, 4) is 5.75 Å². The first-order valence-corrected chi connectivity index (χ1v) is 9.49. The Morgan fingerprint density at radius 1 is 1.07 bits per heavy atom. The molecule has 1 N–H and O–H groups in total. The molecular formula is C21H23N5O3. The maximum absolute atomic E-state index is 12.2. The number of amides is 1. The molecule has 29 heavy (non-hydrogen) atoms. The van der Waals surface area contributed by atoms with Crippen LogP contribution in [0.2, 0.25) is 0 Å². The van der Waals surface area contributed by atoms with Crippen molar-refractivity contribution in [2.45, 2.75) is 6.54 Å². The van der Waals surface area contributed by atoms with E-state index in [0.29, 0.717) is 12.3 Å². The lowest BCUT2D eigenvalue weighted by Gasteiger charge is -2.36. The highest BCUT2D eigenvalue weighted by Crippen LogP contribution is 2.21. The highest BCUT2D eigenvalue weighted by molar-refractivity contribution is 5.91. The summed E-state index contributed by atoms with van der Waals surface area (Å²) in [7, 11) is 1.67. The summed E-state index contributed by atoms with van der Waals surface area (Å²) in [5.74, 6) is 2.06. The van der Waals surface area contributed by atoms with Crippen molar-refractivity contribution in [3.05, 3.63) is 66.5 Å². The third kappa shape index (κ3) is 4.48. The van der Waals surface area contributed by atoms with Crippen LogP contribution >= 0.6 is 0 Å². The standard InChI is InChI=1S/C21H23N5O3/c1-28-17-6-4-16(5-7-17)25-8-10-26(11-9-25)20-15-22-19(14-23-20)21(27)24-13-18-3-2-12-29-18/h2-7,12,14-15H,8-11,13H2,1H3,(H,24,27). The van der Waals surface area contributed by atoms with Crippen molar-refractivity contribution in [1.29, 1.82) is 0 Å². The minimum Gasteiger partial charge on any atom is -0.497 e. The summed E-state index contributed by atoms with van der Waals surface area (Å²) in [6.45, 7) is 3.77. The van der Waals surface area contributed by atoms with Gasteiger partial charge >= 0.3 is 0 Å². The van der Waals surface area contributed by atoms with Gasteiger partial charge in [0.2, 0.25) is 0 Å². The predicted molar refractivity (Wildman–Crippen MR) is 109 cm³/mol. The van der Waals surface area contributed by atoms with Crippen molar-refractivity contribution < 1.29 is 13.9 Å². The molecule has 3 heterocycles. The van der Waals surface area contributed by atoms with Gasteiger partial charge < -0.3 is 24.3 Å². The zero-order valence-corrected chi connectivity index (χ0v) is 16.2. The number of hydrogen-bond donors (Lipinski definition) is 1. The zero-order valence-electron chi connectivity index (χ0n) is 16.2. The van der Waals surface area contributed by atoms with Crippen LogP contribution in [0, 0.1) is 0 Å². The van der Waals surface area contributed by atoms with E-state index in [1.54, 1.807) is 31.7 Å². The zero-order chi connectivity index (χ0) is 20.1. The molecule has 1 aliphatic heterocycles. The van der Waals surface area contributed by atoms with Crippen LogP contribution in [-0.2, 0) is 6.54 Å². The maximum Gasteiger partial charge on any atom is 0.271 e. The molecule has 0 atom stereocenters. The molecule has 8 heteroatoms. The third-order valence-corrected chi connectivity index (χ3v) is 4.92. The minimum absolute atomic E-state index is 0.273. The van der Waals surface area contributed by atoms with E-state index in [0.717, 1.165) is 37.7 Å². The second kappa shape index (κ2) is 8.64. The lowest BCUT2D eigenvalue weighted by atomic mass is 10.2. The number of hydrogen-bond acceptors (Lipinski definition) is 7. The number of piperazine rings is 1. The smallest absolute Gasteiger partial charge is 0.271 e. The van der Waals surface area contributed by atoms with Gasteiger partial charge in [-0.3, -0.25) is 4.79 Å². The second-order valence-electron chi connectivity index (χ2n) is 6.69. The Balaban J connectivity index is 1.31. The minimum atomic E-state index is -0.273. The molecule has 0 radical (unpaired) electrons. The molecule has 1 saturated heterocycles. The van der Waals surface area contributed by atoms with Crippen LogP contribution in [-0.4, -0.2) is 49.2 Å². The van der Waals surface area contributed by atoms with Gasteiger partial charge in [0.25, 0.3) is 5.91 Å². The molecule has 0 aliphatic carbocycles. The van der Waals surface area contributed by atoms with Crippen molar-refractivity contribution in [1.82, 2.24) is 15.3 Å². The molecule has 0 spiro atoms. The van der Waals surface area contributed by atoms with E-state index >= 15 is 0 Å². The van der Waals surface area contributed by atoms with Gasteiger partial charge in [0.05, 0.1) is 32.3 Å². The van der Waals surface area contributed by atoms with Gasteiger partial charge in [0.1, 0.15) is 23.0 Å². The Bertz CT molecular complexity index is 918. The van der Waals surface area contributed by atoms with E-state index in [4.69, 9.17) is 9.15 Å². The van der Waals surface area contributed by atoms with E-state index in [-0.39, 0.29) is 11.6 Å². The number of nitrogens with zero attached hydrogens (tertiary/aromatic N) is 4. The Morgan fingerprint density at radius 2 is 1.83 bits per heavy atom. The molecule has 2 aromatic heterocycles. The molecule has 0 bridgehead atoms. The fraction of sp³-hybridized carbons (Fsp3) is 0.286. The van der Waals surface area contributed by atoms with Crippen LogP contribution in [0.25, 0.3) is 0 Å². The van der Waals surface area contributed by atoms with E-state index < -0.39 is 0 Å². The summed E-state index contributed by atoms with van der Waals surface area (Å²) in [6.07, 6.45) is 4.75. The van der Waals surface area contributed by atoms with Crippen LogP contribution in [0.3, 0.4) is 0 Å². The molecule has 0 unspecified atom stereocenters. The lowest BCUT2D eigenvalue weighted by Crippen LogP contribution is -2.46. The number of furan rings is 1. The van der Waals surface area contributed by atoms with Gasteiger partial charge in [-0.25, -0.2) is 9.97 Å². The van der Waals surface area contributed by atoms with E-state index in [1.165, 1.54) is 11.9 Å². The molecule has 1 fully saturated rings. The Labute approximate surface area is 169 Å². The summed E-state index contributed by atoms with van der Waals surface area (Å²) in [5, 5.41) is 2.77. The highest BCUT2D eigenvalue weighted by Gasteiger charge is 2.19. The number of rotatable bonds is 6. The first-order valence-electron chi connectivity index (χ1n) is 9.49. The first-order chi connectivity index (χ1) is 14.2. The van der Waals surface area contributed by atoms with Crippen LogP contribution in [0.1, 0.15) is 16.2 Å². The molecule has 3 aromatic rings. The molecule has 150 valence electrons. The van der Waals surface area contributed by atoms with Crippen LogP contribution < -0.4 is 19.9 Å². The second-order valence-corrected chi connectivity index (χ2v) is 6.69. The number of carbonyl (C=O) groups is 1. The molecule has 4 rings (SSSR count). The topological polar surface area (TPSA) is 83.7 Å². The number of nitrogens with one attached hydrogen (secondary N) is 1. The molecule has 8 nitrogen and oxygen atoms in total. The Kier molecular flexibility index (Phi) is 5.60. The summed E-state index contributed by atoms with van der Waals surface area (Å²) in [4.78, 5) is 25.4. The summed E-state index contributed by atoms with van der Waals surface area (Å²) < 4.78 is 10.4. The molecule has 1 aromatic carbocycles. The fourth-order valence-corrected chi connectivity index (χ4v) is 3.26. The number of benzene rings is 1. The molecule has 1 amide bonds. The molecule has 0 saturated carbocycles. The van der Waals surface area contributed by atoms with Crippen molar-refractivity contribution in [2.75, 3.05) is 43.1 Å². The average Bonchev–Trinajstić information content (AvgIpc) is 3.31. The summed E-state index contributed by atoms with van der Waals surface area (Å²) >= 11 is 0. The highest BCUT2D eigenvalue weighted by atomic mass is 16.5. The predicted octanol–water partition coefficient (Wildman–Crippen LogP) is 2.33. The van der Waals surface area contributed by atoms with E-state index in [9.17, 15) is 4.79 Å². The van der Waals surface area contributed by atoms with Gasteiger partial charge in [-0.2, -0.15) is 0 Å². The van der Waals surface area contributed by atoms with Crippen LogP contribution in [0.4, 0.5) is 11.5 Å². The SMILES string of the molecule is COc1ccc(N2CCN(c3cnc(C(=O)NCc4ccco4)cn3)CC2)cc1. The molecule has 1 aliphatic rings. The monoisotopic (exact) mass is 393 g/mol. The van der Waals surface area contributed by atoms with Crippen molar-refractivity contribution >= 4 is 17.4 Å². The Morgan fingerprint density at radius 3 is 2.45 bits per heavy atom. The normalized spacial score (nSPS) is 14.0. The van der Waals surface area contributed by atoms with Gasteiger partial charge in [-0.1, -0.05) is 0 Å². The quantitative estimate of drug-likeness (QED) is 0.688. The largest absolute Gasteiger partial charge is 0.497 e. The summed E-state index contributed by atoms with van der Waals surface area (Å²) in [5.41, 5.74) is 1.47. The first kappa shape index (κ1) is 18.8. The van der Waals surface area contributed by atoms with E-state index in [1.807, 2.05) is 12.1 Å². The van der Waals surface area contributed by atoms with Crippen molar-refractivity contribution in [3.63, 3.8) is 0 Å². The van der Waals surface area contributed by atoms with E-state index in [2.05, 4.69) is 37.2 Å². The molecular weight excluding hydrogens is 370 g/mol. The summed E-state index contributed by atoms with van der Waals surface area (Å²) in [6, 6.07) is 11.7. The fourth-order valence-electron chi connectivity index (χ4n) is 3.26. The third-order valence-electron chi connectivity index (χ3n) is 4.92. The maximum atomic E-state index is 12.2. The van der Waals surface area contributed by atoms with Crippen LogP contribution in [0.5, 0.6) is 5.75 Å².